The second kappa shape index (κ2) is 7.40. The molecule has 2 aromatic rings. The Morgan fingerprint density at radius 1 is 1.29 bits per heavy atom. The zero-order chi connectivity index (χ0) is 17.9. The molecule has 4 N–H and O–H groups in total. The standard InChI is InChI=1S/C13H11FIN3O5S/c14-9-1-3-11(4-2-9)24(22,23)17-16-7-8-5-10(15)6-12(13(8)19)18(20)21/h1-7,17-20H/b16-7+. The van der Waals surface area contributed by atoms with Crippen molar-refractivity contribution in [2.24, 2.45) is 5.10 Å². The first kappa shape index (κ1) is 18.5. The minimum Gasteiger partial charge on any atom is -0.595 e. The number of rotatable bonds is 5. The minimum atomic E-state index is -4.01. The fraction of sp³-hybridized carbons (Fsp3) is 0. The van der Waals surface area contributed by atoms with Gasteiger partial charge in [0.1, 0.15) is 5.82 Å². The molecule has 2 aromatic carbocycles. The first-order valence-electron chi connectivity index (χ1n) is 6.27. The van der Waals surface area contributed by atoms with E-state index in [4.69, 9.17) is 5.21 Å². The number of halogens is 2. The molecule has 128 valence electrons. The molecular formula is C13H11FIN3O5S. The van der Waals surface area contributed by atoms with Crippen molar-refractivity contribution in [3.05, 3.63) is 56.6 Å². The lowest BCUT2D eigenvalue weighted by atomic mass is 10.2. The second-order valence-electron chi connectivity index (χ2n) is 4.50. The van der Waals surface area contributed by atoms with Crippen LogP contribution in [0.2, 0.25) is 0 Å². The Bertz CT molecular complexity index is 872. The Morgan fingerprint density at radius 3 is 2.50 bits per heavy atom. The lowest BCUT2D eigenvalue weighted by Gasteiger charge is -2.14. The van der Waals surface area contributed by atoms with E-state index < -0.39 is 26.8 Å². The van der Waals surface area contributed by atoms with Crippen molar-refractivity contribution >= 4 is 44.5 Å². The molecule has 0 radical (unpaired) electrons. The quantitative estimate of drug-likeness (QED) is 0.225. The van der Waals surface area contributed by atoms with Gasteiger partial charge >= 0.3 is 0 Å². The average molecular weight is 467 g/mol. The number of hydrazone groups is 1. The Hall–Kier alpha value is -1.80. The van der Waals surface area contributed by atoms with Gasteiger partial charge < -0.3 is 10.3 Å². The van der Waals surface area contributed by atoms with Gasteiger partial charge in [-0.15, -0.1) is 0 Å². The summed E-state index contributed by atoms with van der Waals surface area (Å²) in [6.07, 6.45) is 0.977. The molecule has 0 saturated heterocycles. The van der Waals surface area contributed by atoms with E-state index in [0.717, 1.165) is 30.5 Å². The van der Waals surface area contributed by atoms with Crippen LogP contribution in [-0.4, -0.2) is 24.9 Å². The van der Waals surface area contributed by atoms with Crippen molar-refractivity contribution in [2.75, 3.05) is 0 Å². The fourth-order valence-corrected chi connectivity index (χ4v) is 3.15. The number of nitrogens with one attached hydrogen (secondary N) is 2. The number of benzene rings is 2. The normalized spacial score (nSPS) is 13.2. The number of phenols is 1. The Balaban J connectivity index is 2.24. The van der Waals surface area contributed by atoms with Gasteiger partial charge in [-0.25, -0.2) is 14.4 Å². The van der Waals surface area contributed by atoms with E-state index in [1.807, 2.05) is 27.4 Å². The summed E-state index contributed by atoms with van der Waals surface area (Å²) in [6.45, 7) is 0. The van der Waals surface area contributed by atoms with Crippen LogP contribution in [0.25, 0.3) is 0 Å². The zero-order valence-electron chi connectivity index (χ0n) is 11.8. The van der Waals surface area contributed by atoms with E-state index in [9.17, 15) is 23.1 Å². The molecule has 0 amide bonds. The van der Waals surface area contributed by atoms with E-state index >= 15 is 0 Å². The van der Waals surface area contributed by atoms with Crippen LogP contribution in [0.1, 0.15) is 5.56 Å². The topological polar surface area (TPSA) is 126 Å². The molecule has 0 saturated carbocycles. The van der Waals surface area contributed by atoms with Gasteiger partial charge in [0.05, 0.1) is 11.1 Å². The van der Waals surface area contributed by atoms with Crippen LogP contribution in [-0.2, 0) is 10.0 Å². The molecule has 0 aromatic heterocycles. The predicted molar refractivity (Wildman–Crippen MR) is 90.9 cm³/mol. The smallest absolute Gasteiger partial charge is 0.276 e. The summed E-state index contributed by atoms with van der Waals surface area (Å²) >= 11 is 1.85. The van der Waals surface area contributed by atoms with Crippen molar-refractivity contribution in [3.8, 4) is 5.75 Å². The third-order valence-corrected chi connectivity index (χ3v) is 4.70. The van der Waals surface area contributed by atoms with Crippen molar-refractivity contribution in [3.63, 3.8) is 0 Å². The molecule has 0 aliphatic rings. The van der Waals surface area contributed by atoms with Crippen molar-refractivity contribution in [1.29, 1.82) is 0 Å². The Morgan fingerprint density at radius 2 is 1.92 bits per heavy atom. The second-order valence-corrected chi connectivity index (χ2v) is 7.41. The number of quaternary nitrogens is 1. The highest BCUT2D eigenvalue weighted by atomic mass is 127. The maximum Gasteiger partial charge on any atom is 0.276 e. The molecule has 2 rings (SSSR count). The number of hydrogen-bond donors (Lipinski definition) is 4. The molecule has 24 heavy (non-hydrogen) atoms. The molecule has 1 atom stereocenters. The van der Waals surface area contributed by atoms with Crippen LogP contribution in [0.3, 0.4) is 0 Å². The SMILES string of the molecule is O=S(=O)(N/N=C/c1cc(I)cc([NH+]([O-])O)c1O)c1ccc(F)cc1. The predicted octanol–water partition coefficient (Wildman–Crippen LogP) is 0.852. The molecule has 0 bridgehead atoms. The fourth-order valence-electron chi connectivity index (χ4n) is 1.71. The van der Waals surface area contributed by atoms with Crippen LogP contribution >= 0.6 is 22.6 Å². The summed E-state index contributed by atoms with van der Waals surface area (Å²) in [6, 6.07) is 6.80. The molecular weight excluding hydrogens is 456 g/mol. The molecule has 11 heteroatoms. The molecule has 1 unspecified atom stereocenters. The highest BCUT2D eigenvalue weighted by Gasteiger charge is 2.15. The number of aromatic hydroxyl groups is 1. The lowest BCUT2D eigenvalue weighted by molar-refractivity contribution is -0.991. The van der Waals surface area contributed by atoms with Crippen molar-refractivity contribution < 1.29 is 28.3 Å². The van der Waals surface area contributed by atoms with Gasteiger partial charge in [-0.2, -0.15) is 18.7 Å². The Labute approximate surface area is 150 Å². The minimum absolute atomic E-state index is 0.0288. The van der Waals surface area contributed by atoms with Crippen molar-refractivity contribution in [2.45, 2.75) is 4.90 Å². The summed E-state index contributed by atoms with van der Waals surface area (Å²) in [5.74, 6) is -1.12. The summed E-state index contributed by atoms with van der Waals surface area (Å²) < 4.78 is 37.2. The van der Waals surface area contributed by atoms with E-state index in [1.165, 1.54) is 12.1 Å². The van der Waals surface area contributed by atoms with Gasteiger partial charge in [-0.1, -0.05) is 0 Å². The summed E-state index contributed by atoms with van der Waals surface area (Å²) in [4.78, 5) is 1.70. The first-order chi connectivity index (χ1) is 11.2. The van der Waals surface area contributed by atoms with Gasteiger partial charge in [0.15, 0.2) is 5.75 Å². The summed E-state index contributed by atoms with van der Waals surface area (Å²) in [5.41, 5.74) is -0.300. The Kier molecular flexibility index (Phi) is 5.71. The molecule has 0 fully saturated rings. The van der Waals surface area contributed by atoms with Crippen LogP contribution in [0, 0.1) is 14.6 Å². The van der Waals surface area contributed by atoms with E-state index in [2.05, 4.69) is 5.10 Å². The maximum absolute atomic E-state index is 12.8. The van der Waals surface area contributed by atoms with Crippen LogP contribution < -0.4 is 10.1 Å². The third-order valence-electron chi connectivity index (χ3n) is 2.84. The molecule has 0 heterocycles. The van der Waals surface area contributed by atoms with E-state index in [0.29, 0.717) is 3.57 Å². The average Bonchev–Trinajstić information content (AvgIpc) is 2.50. The first-order valence-corrected chi connectivity index (χ1v) is 8.83. The summed E-state index contributed by atoms with van der Waals surface area (Å²) in [7, 11) is -4.01. The number of nitrogens with zero attached hydrogens (tertiary/aromatic N) is 1. The van der Waals surface area contributed by atoms with E-state index in [1.54, 1.807) is 0 Å². The molecule has 0 spiro atoms. The van der Waals surface area contributed by atoms with Gasteiger partial charge in [0.25, 0.3) is 10.0 Å². The molecule has 0 aliphatic carbocycles. The molecule has 0 aliphatic heterocycles. The highest BCUT2D eigenvalue weighted by Crippen LogP contribution is 2.26. The van der Waals surface area contributed by atoms with Crippen LogP contribution in [0.5, 0.6) is 5.75 Å². The maximum atomic E-state index is 12.8. The number of hydrogen-bond acceptors (Lipinski definition) is 6. The van der Waals surface area contributed by atoms with Gasteiger partial charge in [-0.05, 0) is 52.9 Å². The number of sulfonamides is 1. The number of phenolic OH excluding ortho intramolecular Hbond substituents is 1. The highest BCUT2D eigenvalue weighted by molar-refractivity contribution is 14.1. The lowest BCUT2D eigenvalue weighted by Crippen LogP contribution is -2.99. The van der Waals surface area contributed by atoms with Crippen LogP contribution in [0.4, 0.5) is 10.1 Å². The van der Waals surface area contributed by atoms with E-state index in [-0.39, 0.29) is 16.1 Å². The largest absolute Gasteiger partial charge is 0.595 e. The monoisotopic (exact) mass is 467 g/mol. The third kappa shape index (κ3) is 4.39. The zero-order valence-corrected chi connectivity index (χ0v) is 14.7. The van der Waals surface area contributed by atoms with Crippen molar-refractivity contribution in [1.82, 2.24) is 4.83 Å². The van der Waals surface area contributed by atoms with Crippen LogP contribution in [0.15, 0.2) is 46.4 Å². The molecule has 8 nitrogen and oxygen atoms in total. The van der Waals surface area contributed by atoms with Gasteiger partial charge in [0.2, 0.25) is 5.69 Å². The van der Waals surface area contributed by atoms with Gasteiger partial charge in [-0.3, -0.25) is 0 Å². The van der Waals surface area contributed by atoms with Gasteiger partial charge in [0, 0.05) is 15.2 Å². The summed E-state index contributed by atoms with van der Waals surface area (Å²) in [5, 5.41) is 32.1.